The normalized spacial score (nSPS) is 12.2. The van der Waals surface area contributed by atoms with Crippen LogP contribution < -0.4 is 10.1 Å². The highest BCUT2D eigenvalue weighted by molar-refractivity contribution is 9.10. The van der Waals surface area contributed by atoms with E-state index < -0.39 is 0 Å². The van der Waals surface area contributed by atoms with Crippen LogP contribution in [-0.4, -0.2) is 19.1 Å². The van der Waals surface area contributed by atoms with E-state index in [2.05, 4.69) is 26.2 Å². The van der Waals surface area contributed by atoms with Crippen LogP contribution >= 0.6 is 15.9 Å². The molecule has 2 aromatic rings. The predicted octanol–water partition coefficient (Wildman–Crippen LogP) is 3.50. The van der Waals surface area contributed by atoms with E-state index in [1.54, 1.807) is 24.4 Å². The Morgan fingerprint density at radius 2 is 2.15 bits per heavy atom. The van der Waals surface area contributed by atoms with Crippen molar-refractivity contribution in [3.05, 3.63) is 58.1 Å². The molecule has 1 unspecified atom stereocenters. The zero-order valence-corrected chi connectivity index (χ0v) is 12.9. The molecule has 0 saturated heterocycles. The van der Waals surface area contributed by atoms with Gasteiger partial charge in [0, 0.05) is 10.7 Å². The van der Waals surface area contributed by atoms with Crippen LogP contribution in [0.3, 0.4) is 0 Å². The molecule has 5 heteroatoms. The number of rotatable bonds is 5. The molecule has 1 heterocycles. The van der Waals surface area contributed by atoms with E-state index in [1.165, 1.54) is 7.11 Å². The maximum Gasteiger partial charge on any atom is 0.168 e. The van der Waals surface area contributed by atoms with Crippen molar-refractivity contribution in [2.45, 2.75) is 12.5 Å². The number of likely N-dealkylation sites (N-methyl/N-ethyl adjacent to an activating group) is 1. The van der Waals surface area contributed by atoms with Gasteiger partial charge in [0.05, 0.1) is 18.8 Å². The second-order valence-corrected chi connectivity index (χ2v) is 5.20. The minimum atomic E-state index is -0.317. The van der Waals surface area contributed by atoms with Crippen molar-refractivity contribution < 1.29 is 9.13 Å². The molecule has 0 radical (unpaired) electrons. The van der Waals surface area contributed by atoms with Crippen molar-refractivity contribution >= 4 is 15.9 Å². The number of pyridine rings is 1. The Labute approximate surface area is 126 Å². The molecule has 0 aliphatic rings. The molecule has 1 aromatic heterocycles. The largest absolute Gasteiger partial charge is 0.494 e. The molecule has 3 nitrogen and oxygen atoms in total. The molecule has 106 valence electrons. The summed E-state index contributed by atoms with van der Waals surface area (Å²) in [6.07, 6.45) is 2.22. The molecule has 2 rings (SSSR count). The summed E-state index contributed by atoms with van der Waals surface area (Å²) in [6, 6.07) is 8.87. The summed E-state index contributed by atoms with van der Waals surface area (Å²) in [7, 11) is 3.30. The Morgan fingerprint density at radius 1 is 1.35 bits per heavy atom. The van der Waals surface area contributed by atoms with Crippen LogP contribution in [0.25, 0.3) is 0 Å². The molecule has 1 aromatic carbocycles. The molecule has 0 amide bonds. The lowest BCUT2D eigenvalue weighted by molar-refractivity contribution is 0.382. The number of methoxy groups -OCH3 is 1. The highest BCUT2D eigenvalue weighted by atomic mass is 79.9. The lowest BCUT2D eigenvalue weighted by Gasteiger charge is -2.18. The van der Waals surface area contributed by atoms with E-state index in [1.807, 2.05) is 19.2 Å². The number of ether oxygens (including phenoxy) is 1. The number of hydrogen-bond acceptors (Lipinski definition) is 3. The summed E-state index contributed by atoms with van der Waals surface area (Å²) in [5.41, 5.74) is 1.46. The second kappa shape index (κ2) is 6.81. The van der Waals surface area contributed by atoms with Crippen molar-refractivity contribution in [2.24, 2.45) is 0 Å². The smallest absolute Gasteiger partial charge is 0.168 e. The van der Waals surface area contributed by atoms with Crippen LogP contribution in [0.15, 0.2) is 41.0 Å². The fourth-order valence-electron chi connectivity index (χ4n) is 2.08. The number of benzene rings is 1. The van der Waals surface area contributed by atoms with Crippen LogP contribution in [-0.2, 0) is 6.42 Å². The van der Waals surface area contributed by atoms with Gasteiger partial charge in [-0.1, -0.05) is 12.1 Å². The summed E-state index contributed by atoms with van der Waals surface area (Å²) in [5, 5.41) is 3.17. The first-order chi connectivity index (χ1) is 9.67. The third kappa shape index (κ3) is 3.16. The summed E-state index contributed by atoms with van der Waals surface area (Å²) >= 11 is 3.48. The van der Waals surface area contributed by atoms with Crippen LogP contribution in [0.1, 0.15) is 17.3 Å². The van der Waals surface area contributed by atoms with Crippen molar-refractivity contribution in [2.75, 3.05) is 14.2 Å². The van der Waals surface area contributed by atoms with E-state index >= 15 is 0 Å². The fraction of sp³-hybridized carbons (Fsp3) is 0.267. The molecule has 0 aliphatic heterocycles. The first kappa shape index (κ1) is 14.9. The van der Waals surface area contributed by atoms with Gasteiger partial charge in [0.25, 0.3) is 0 Å². The van der Waals surface area contributed by atoms with E-state index in [-0.39, 0.29) is 17.6 Å². The monoisotopic (exact) mass is 338 g/mol. The molecule has 0 fully saturated rings. The molecule has 20 heavy (non-hydrogen) atoms. The van der Waals surface area contributed by atoms with E-state index in [4.69, 9.17) is 4.74 Å². The Hall–Kier alpha value is -1.46. The van der Waals surface area contributed by atoms with Gasteiger partial charge in [0.2, 0.25) is 0 Å². The Balaban J connectivity index is 2.30. The molecule has 0 bridgehead atoms. The van der Waals surface area contributed by atoms with Gasteiger partial charge in [0.15, 0.2) is 11.6 Å². The molecule has 0 aliphatic carbocycles. The zero-order chi connectivity index (χ0) is 14.5. The van der Waals surface area contributed by atoms with Crippen LogP contribution in [0.5, 0.6) is 5.75 Å². The van der Waals surface area contributed by atoms with E-state index in [9.17, 15) is 4.39 Å². The average Bonchev–Trinajstić information content (AvgIpc) is 2.47. The van der Waals surface area contributed by atoms with E-state index in [0.717, 1.165) is 10.2 Å². The summed E-state index contributed by atoms with van der Waals surface area (Å²) in [6.45, 7) is 0. The van der Waals surface area contributed by atoms with Gasteiger partial charge < -0.3 is 10.1 Å². The highest BCUT2D eigenvalue weighted by Gasteiger charge is 2.18. The van der Waals surface area contributed by atoms with E-state index in [0.29, 0.717) is 12.0 Å². The van der Waals surface area contributed by atoms with Gasteiger partial charge >= 0.3 is 0 Å². The van der Waals surface area contributed by atoms with Crippen molar-refractivity contribution in [3.8, 4) is 5.75 Å². The first-order valence-electron chi connectivity index (χ1n) is 6.26. The van der Waals surface area contributed by atoms with Crippen molar-refractivity contribution in [1.29, 1.82) is 0 Å². The molecule has 1 atom stereocenters. The molecular weight excluding hydrogens is 323 g/mol. The lowest BCUT2D eigenvalue weighted by Crippen LogP contribution is -2.21. The Kier molecular flexibility index (Phi) is 5.09. The topological polar surface area (TPSA) is 34.1 Å². The minimum Gasteiger partial charge on any atom is -0.494 e. The lowest BCUT2D eigenvalue weighted by atomic mass is 10.0. The number of halogens is 2. The van der Waals surface area contributed by atoms with Crippen molar-refractivity contribution in [3.63, 3.8) is 0 Å². The molecule has 0 spiro atoms. The van der Waals surface area contributed by atoms with Gasteiger partial charge in [-0.3, -0.25) is 4.98 Å². The minimum absolute atomic E-state index is 0.0767. The van der Waals surface area contributed by atoms with Crippen LogP contribution in [0.4, 0.5) is 4.39 Å². The summed E-state index contributed by atoms with van der Waals surface area (Å²) < 4.78 is 20.1. The number of aromatic nitrogens is 1. The predicted molar refractivity (Wildman–Crippen MR) is 80.4 cm³/mol. The molecule has 0 saturated carbocycles. The number of nitrogens with zero attached hydrogens (tertiary/aromatic N) is 1. The van der Waals surface area contributed by atoms with Crippen LogP contribution in [0, 0.1) is 5.82 Å². The Morgan fingerprint density at radius 3 is 2.80 bits per heavy atom. The average molecular weight is 339 g/mol. The van der Waals surface area contributed by atoms with Gasteiger partial charge in [-0.2, -0.15) is 0 Å². The van der Waals surface area contributed by atoms with Gasteiger partial charge in [-0.05, 0) is 53.2 Å². The third-order valence-corrected chi connectivity index (χ3v) is 3.82. The highest BCUT2D eigenvalue weighted by Crippen LogP contribution is 2.27. The zero-order valence-electron chi connectivity index (χ0n) is 11.4. The summed E-state index contributed by atoms with van der Waals surface area (Å²) in [4.78, 5) is 4.35. The second-order valence-electron chi connectivity index (χ2n) is 4.35. The third-order valence-electron chi connectivity index (χ3n) is 3.15. The number of nitrogens with one attached hydrogen (secondary N) is 1. The first-order valence-corrected chi connectivity index (χ1v) is 7.05. The molecule has 1 N–H and O–H groups in total. The van der Waals surface area contributed by atoms with Gasteiger partial charge in [0.1, 0.15) is 0 Å². The maximum absolute atomic E-state index is 14.2. The van der Waals surface area contributed by atoms with Crippen molar-refractivity contribution in [1.82, 2.24) is 10.3 Å². The SMILES string of the molecule is CNC(Cc1cccc(OC)c1F)c1ncccc1Br. The summed E-state index contributed by atoms with van der Waals surface area (Å²) in [5.74, 6) is -0.0558. The van der Waals surface area contributed by atoms with Gasteiger partial charge in [-0.15, -0.1) is 0 Å². The van der Waals surface area contributed by atoms with Crippen LogP contribution in [0.2, 0.25) is 0 Å². The van der Waals surface area contributed by atoms with Gasteiger partial charge in [-0.25, -0.2) is 4.39 Å². The quantitative estimate of drug-likeness (QED) is 0.905. The standard InChI is InChI=1S/C15H16BrFN2O/c1-18-12(15-11(16)6-4-8-19-15)9-10-5-3-7-13(20-2)14(10)17/h3-8,12,18H,9H2,1-2H3. The number of hydrogen-bond donors (Lipinski definition) is 1. The Bertz CT molecular complexity index is 592. The maximum atomic E-state index is 14.2. The molecular formula is C15H16BrFN2O. The fourth-order valence-corrected chi connectivity index (χ4v) is 2.61.